The van der Waals surface area contributed by atoms with Gasteiger partial charge in [0, 0.05) is 6.20 Å². The van der Waals surface area contributed by atoms with Crippen LogP contribution in [0.5, 0.6) is 0 Å². The molecule has 0 aromatic carbocycles. The minimum absolute atomic E-state index is 0.0436. The summed E-state index contributed by atoms with van der Waals surface area (Å²) in [6, 6.07) is -2.69. The first kappa shape index (κ1) is 8.89. The summed E-state index contributed by atoms with van der Waals surface area (Å²) < 4.78 is 36.2. The minimum atomic E-state index is -4.42. The molecular formula is C6H7F3N2O. The molecule has 0 aromatic heterocycles. The van der Waals surface area contributed by atoms with E-state index in [1.54, 1.807) is 5.32 Å². The zero-order valence-electron chi connectivity index (χ0n) is 6.20. The van der Waals surface area contributed by atoms with E-state index in [2.05, 4.69) is 5.32 Å². The second-order valence-corrected chi connectivity index (χ2v) is 2.48. The number of urea groups is 1. The molecule has 2 amide bonds. The Labute approximate surface area is 66.6 Å². The molecule has 3 nitrogen and oxygen atoms in total. The zero-order valence-corrected chi connectivity index (χ0v) is 6.20. The molecule has 0 saturated heterocycles. The molecule has 0 spiro atoms. The van der Waals surface area contributed by atoms with Gasteiger partial charge in [0.25, 0.3) is 0 Å². The fourth-order valence-electron chi connectivity index (χ4n) is 0.889. The standard InChI is InChI=1S/C6H7F3N2O/c1-3-2-10-5(12)11-4(3)6(7,8)9/h2,4H,1H3,(H2,10,11,12). The van der Waals surface area contributed by atoms with Crippen molar-refractivity contribution in [2.24, 2.45) is 0 Å². The van der Waals surface area contributed by atoms with Crippen LogP contribution >= 0.6 is 0 Å². The lowest BCUT2D eigenvalue weighted by molar-refractivity contribution is -0.145. The van der Waals surface area contributed by atoms with Gasteiger partial charge in [0.15, 0.2) is 0 Å². The molecule has 0 aliphatic carbocycles. The van der Waals surface area contributed by atoms with E-state index in [1.807, 2.05) is 0 Å². The van der Waals surface area contributed by atoms with Crippen LogP contribution in [0.4, 0.5) is 18.0 Å². The molecule has 1 aliphatic heterocycles. The van der Waals surface area contributed by atoms with Crippen LogP contribution in [0.25, 0.3) is 0 Å². The molecular weight excluding hydrogens is 173 g/mol. The zero-order chi connectivity index (χ0) is 9.35. The highest BCUT2D eigenvalue weighted by Gasteiger charge is 2.43. The van der Waals surface area contributed by atoms with Crippen LogP contribution in [-0.4, -0.2) is 18.2 Å². The monoisotopic (exact) mass is 180 g/mol. The van der Waals surface area contributed by atoms with Gasteiger partial charge in [-0.3, -0.25) is 0 Å². The van der Waals surface area contributed by atoms with E-state index in [0.29, 0.717) is 0 Å². The third kappa shape index (κ3) is 1.69. The maximum Gasteiger partial charge on any atom is 0.412 e. The number of amides is 2. The number of halogens is 3. The van der Waals surface area contributed by atoms with Gasteiger partial charge in [0.05, 0.1) is 0 Å². The van der Waals surface area contributed by atoms with Gasteiger partial charge in [-0.25, -0.2) is 4.79 Å². The Morgan fingerprint density at radius 2 is 2.08 bits per heavy atom. The van der Waals surface area contributed by atoms with Crippen LogP contribution in [0.2, 0.25) is 0 Å². The summed E-state index contributed by atoms with van der Waals surface area (Å²) in [5.41, 5.74) is 0.0436. The van der Waals surface area contributed by atoms with E-state index in [9.17, 15) is 18.0 Å². The van der Waals surface area contributed by atoms with Crippen molar-refractivity contribution in [1.29, 1.82) is 0 Å². The number of carbonyl (C=O) groups is 1. The minimum Gasteiger partial charge on any atom is -0.322 e. The van der Waals surface area contributed by atoms with E-state index in [4.69, 9.17) is 0 Å². The van der Waals surface area contributed by atoms with Gasteiger partial charge in [-0.1, -0.05) is 0 Å². The van der Waals surface area contributed by atoms with Crippen molar-refractivity contribution in [2.45, 2.75) is 19.1 Å². The molecule has 0 aromatic rings. The Hall–Kier alpha value is -1.20. The Bertz CT molecular complexity index is 233. The summed E-state index contributed by atoms with van der Waals surface area (Å²) in [6.45, 7) is 1.30. The van der Waals surface area contributed by atoms with Crippen molar-refractivity contribution in [2.75, 3.05) is 0 Å². The van der Waals surface area contributed by atoms with Crippen LogP contribution in [-0.2, 0) is 0 Å². The van der Waals surface area contributed by atoms with Crippen LogP contribution in [0, 0.1) is 0 Å². The highest BCUT2D eigenvalue weighted by Crippen LogP contribution is 2.25. The molecule has 0 bridgehead atoms. The summed E-state index contributed by atoms with van der Waals surface area (Å²) in [6.07, 6.45) is -3.37. The third-order valence-electron chi connectivity index (χ3n) is 1.49. The first-order valence-corrected chi connectivity index (χ1v) is 3.21. The molecule has 6 heteroatoms. The van der Waals surface area contributed by atoms with E-state index in [1.165, 1.54) is 6.92 Å². The lowest BCUT2D eigenvalue weighted by Gasteiger charge is -2.25. The highest BCUT2D eigenvalue weighted by atomic mass is 19.4. The molecule has 0 saturated carbocycles. The number of hydrogen-bond acceptors (Lipinski definition) is 1. The molecule has 1 atom stereocenters. The predicted octanol–water partition coefficient (Wildman–Crippen LogP) is 1.13. The highest BCUT2D eigenvalue weighted by molar-refractivity contribution is 5.77. The Balaban J connectivity index is 2.83. The van der Waals surface area contributed by atoms with Crippen LogP contribution in [0.15, 0.2) is 11.8 Å². The van der Waals surface area contributed by atoms with E-state index >= 15 is 0 Å². The van der Waals surface area contributed by atoms with Crippen LogP contribution in [0.1, 0.15) is 6.92 Å². The number of carbonyl (C=O) groups excluding carboxylic acids is 1. The van der Waals surface area contributed by atoms with Gasteiger partial charge in [-0.15, -0.1) is 0 Å². The Morgan fingerprint density at radius 1 is 1.50 bits per heavy atom. The smallest absolute Gasteiger partial charge is 0.322 e. The van der Waals surface area contributed by atoms with Gasteiger partial charge in [-0.2, -0.15) is 13.2 Å². The van der Waals surface area contributed by atoms with Gasteiger partial charge in [0.1, 0.15) is 6.04 Å². The Kier molecular flexibility index (Phi) is 1.99. The molecule has 1 unspecified atom stereocenters. The molecule has 0 radical (unpaired) electrons. The van der Waals surface area contributed by atoms with Gasteiger partial charge in [-0.05, 0) is 12.5 Å². The number of nitrogens with one attached hydrogen (secondary N) is 2. The quantitative estimate of drug-likeness (QED) is 0.576. The average Bonchev–Trinajstić information content (AvgIpc) is 1.92. The summed E-state index contributed by atoms with van der Waals surface area (Å²) in [4.78, 5) is 10.5. The molecule has 68 valence electrons. The second-order valence-electron chi connectivity index (χ2n) is 2.48. The predicted molar refractivity (Wildman–Crippen MR) is 35.3 cm³/mol. The van der Waals surface area contributed by atoms with Crippen LogP contribution < -0.4 is 10.6 Å². The lowest BCUT2D eigenvalue weighted by Crippen LogP contribution is -2.52. The second kappa shape index (κ2) is 2.69. The van der Waals surface area contributed by atoms with E-state index in [-0.39, 0.29) is 5.57 Å². The molecule has 1 aliphatic rings. The van der Waals surface area contributed by atoms with Crippen molar-refractivity contribution < 1.29 is 18.0 Å². The summed E-state index contributed by atoms with van der Waals surface area (Å²) >= 11 is 0. The first-order valence-electron chi connectivity index (χ1n) is 3.21. The molecule has 2 N–H and O–H groups in total. The molecule has 0 fully saturated rings. The SMILES string of the molecule is CC1=CNC(=O)NC1C(F)(F)F. The maximum absolute atomic E-state index is 12.1. The summed E-state index contributed by atoms with van der Waals surface area (Å²) in [5, 5.41) is 3.88. The lowest BCUT2D eigenvalue weighted by atomic mass is 10.1. The maximum atomic E-state index is 12.1. The molecule has 1 heterocycles. The number of hydrogen-bond donors (Lipinski definition) is 2. The third-order valence-corrected chi connectivity index (χ3v) is 1.49. The largest absolute Gasteiger partial charge is 0.412 e. The van der Waals surface area contributed by atoms with Crippen molar-refractivity contribution in [1.82, 2.24) is 10.6 Å². The molecule has 12 heavy (non-hydrogen) atoms. The first-order chi connectivity index (χ1) is 5.41. The number of rotatable bonds is 0. The van der Waals surface area contributed by atoms with Crippen molar-refractivity contribution >= 4 is 6.03 Å². The topological polar surface area (TPSA) is 41.1 Å². The van der Waals surface area contributed by atoms with E-state index < -0.39 is 18.2 Å². The van der Waals surface area contributed by atoms with Crippen molar-refractivity contribution in [3.05, 3.63) is 11.8 Å². The molecule has 1 rings (SSSR count). The van der Waals surface area contributed by atoms with Crippen molar-refractivity contribution in [3.8, 4) is 0 Å². The van der Waals surface area contributed by atoms with Gasteiger partial charge >= 0.3 is 12.2 Å². The fourth-order valence-corrected chi connectivity index (χ4v) is 0.889. The summed E-state index contributed by atoms with van der Waals surface area (Å²) in [7, 11) is 0. The Morgan fingerprint density at radius 3 is 2.50 bits per heavy atom. The van der Waals surface area contributed by atoms with Gasteiger partial charge < -0.3 is 10.6 Å². The van der Waals surface area contributed by atoms with Crippen LogP contribution in [0.3, 0.4) is 0 Å². The number of alkyl halides is 3. The normalized spacial score (nSPS) is 24.2. The average molecular weight is 180 g/mol. The van der Waals surface area contributed by atoms with Crippen molar-refractivity contribution in [3.63, 3.8) is 0 Å². The summed E-state index contributed by atoms with van der Waals surface area (Å²) in [5.74, 6) is 0. The fraction of sp³-hybridized carbons (Fsp3) is 0.500. The van der Waals surface area contributed by atoms with E-state index in [0.717, 1.165) is 6.20 Å². The van der Waals surface area contributed by atoms with Gasteiger partial charge in [0.2, 0.25) is 0 Å².